The summed E-state index contributed by atoms with van der Waals surface area (Å²) in [5, 5.41) is 2.68. The number of nitrogens with two attached hydrogens (primary N) is 1. The Balaban J connectivity index is 2.26. The van der Waals surface area contributed by atoms with E-state index in [-0.39, 0.29) is 5.56 Å². The molecule has 1 amide bonds. The zero-order chi connectivity index (χ0) is 11.8. The second-order valence-electron chi connectivity index (χ2n) is 3.39. The number of thiazole rings is 1. The van der Waals surface area contributed by atoms with Crippen molar-refractivity contribution < 1.29 is 4.79 Å². The highest BCUT2D eigenvalue weighted by molar-refractivity contribution is 7.13. The third-order valence-electron chi connectivity index (χ3n) is 2.32. The number of imidazole rings is 1. The van der Waals surface area contributed by atoms with Gasteiger partial charge < -0.3 is 10.1 Å². The van der Waals surface area contributed by atoms with E-state index in [2.05, 4.69) is 16.0 Å². The Kier molecular flexibility index (Phi) is 2.15. The number of carbonyl (C=O) groups excluding carboxylic acids is 1. The van der Waals surface area contributed by atoms with Crippen molar-refractivity contribution in [3.63, 3.8) is 0 Å². The number of primary amides is 1. The molecule has 2 N–H and O–H groups in total. The fourth-order valence-electron chi connectivity index (χ4n) is 1.59. The highest BCUT2D eigenvalue weighted by Gasteiger charge is 2.12. The quantitative estimate of drug-likeness (QED) is 0.738. The van der Waals surface area contributed by atoms with Gasteiger partial charge in [0.25, 0.3) is 5.91 Å². The van der Waals surface area contributed by atoms with E-state index in [1.807, 2.05) is 11.6 Å². The van der Waals surface area contributed by atoms with Gasteiger partial charge in [0.15, 0.2) is 5.65 Å². The second kappa shape index (κ2) is 3.67. The monoisotopic (exact) mass is 243 g/mol. The van der Waals surface area contributed by atoms with Gasteiger partial charge in [0, 0.05) is 30.0 Å². The molecule has 0 fully saturated rings. The number of hydrogen-bond donors (Lipinski definition) is 1. The number of nitrogens with zero attached hydrogens (tertiary/aromatic N) is 3. The van der Waals surface area contributed by atoms with Crippen LogP contribution in [-0.2, 0) is 0 Å². The minimum Gasteiger partial charge on any atom is -0.365 e. The van der Waals surface area contributed by atoms with Crippen molar-refractivity contribution in [1.29, 1.82) is 0 Å². The largest absolute Gasteiger partial charge is 0.365 e. The Bertz CT molecular complexity index is 687. The Morgan fingerprint density at radius 1 is 1.53 bits per heavy atom. The van der Waals surface area contributed by atoms with Gasteiger partial charge in [-0.25, -0.2) is 9.97 Å². The molecule has 1 radical (unpaired) electrons. The lowest BCUT2D eigenvalue weighted by atomic mass is 10.2. The Morgan fingerprint density at radius 2 is 2.41 bits per heavy atom. The van der Waals surface area contributed by atoms with Gasteiger partial charge >= 0.3 is 0 Å². The van der Waals surface area contributed by atoms with Crippen LogP contribution in [0.1, 0.15) is 10.4 Å². The smallest absolute Gasteiger partial charge is 0.253 e. The van der Waals surface area contributed by atoms with Gasteiger partial charge in [-0.3, -0.25) is 4.79 Å². The maximum absolute atomic E-state index is 11.2. The van der Waals surface area contributed by atoms with Gasteiger partial charge in [-0.2, -0.15) is 0 Å². The molecule has 0 aliphatic heterocycles. The standard InChI is InChI=1S/C11H7N4OS/c12-9(16)7-2-1-4-15-6-8(14-10(7)15)11-13-3-5-17-11/h1,3-6H,(H2,12,16). The van der Waals surface area contributed by atoms with Crippen LogP contribution in [0, 0.1) is 6.07 Å². The molecule has 0 atom stereocenters. The van der Waals surface area contributed by atoms with Crippen molar-refractivity contribution >= 4 is 22.9 Å². The van der Waals surface area contributed by atoms with Crippen molar-refractivity contribution in [3.8, 4) is 10.7 Å². The first-order chi connectivity index (χ1) is 8.25. The molecule has 0 saturated heterocycles. The van der Waals surface area contributed by atoms with Crippen LogP contribution in [0.2, 0.25) is 0 Å². The normalized spacial score (nSPS) is 10.8. The molecule has 0 aliphatic carbocycles. The van der Waals surface area contributed by atoms with E-state index in [1.165, 1.54) is 11.3 Å². The maximum atomic E-state index is 11.2. The molecule has 83 valence electrons. The first kappa shape index (κ1) is 9.98. The van der Waals surface area contributed by atoms with Crippen molar-refractivity contribution in [1.82, 2.24) is 14.4 Å². The van der Waals surface area contributed by atoms with E-state index in [1.54, 1.807) is 22.9 Å². The van der Waals surface area contributed by atoms with E-state index in [4.69, 9.17) is 5.73 Å². The van der Waals surface area contributed by atoms with Crippen LogP contribution >= 0.6 is 11.3 Å². The molecule has 0 unspecified atom stereocenters. The van der Waals surface area contributed by atoms with Crippen LogP contribution in [0.25, 0.3) is 16.3 Å². The second-order valence-corrected chi connectivity index (χ2v) is 4.29. The van der Waals surface area contributed by atoms with Gasteiger partial charge in [0.05, 0.1) is 5.56 Å². The van der Waals surface area contributed by atoms with E-state index < -0.39 is 5.91 Å². The average Bonchev–Trinajstić information content (AvgIpc) is 2.96. The summed E-state index contributed by atoms with van der Waals surface area (Å²) in [6.07, 6.45) is 5.30. The van der Waals surface area contributed by atoms with E-state index in [0.717, 1.165) is 10.7 Å². The van der Waals surface area contributed by atoms with Gasteiger partial charge in [-0.05, 0) is 6.07 Å². The fraction of sp³-hybridized carbons (Fsp3) is 0. The Labute approximate surface area is 101 Å². The first-order valence-corrected chi connectivity index (χ1v) is 5.73. The Morgan fingerprint density at radius 3 is 3.12 bits per heavy atom. The molecular formula is C11H7N4OS. The number of carbonyl (C=O) groups is 1. The summed E-state index contributed by atoms with van der Waals surface area (Å²) in [5.41, 5.74) is 6.79. The van der Waals surface area contributed by atoms with Crippen LogP contribution in [0.4, 0.5) is 0 Å². The average molecular weight is 243 g/mol. The molecule has 6 heteroatoms. The zero-order valence-corrected chi connectivity index (χ0v) is 9.44. The molecule has 0 aromatic carbocycles. The lowest BCUT2D eigenvalue weighted by Gasteiger charge is -1.96. The van der Waals surface area contributed by atoms with Crippen molar-refractivity contribution in [2.75, 3.05) is 0 Å². The third kappa shape index (κ3) is 1.58. The number of rotatable bonds is 2. The van der Waals surface area contributed by atoms with E-state index in [9.17, 15) is 4.79 Å². The molecule has 0 saturated carbocycles. The van der Waals surface area contributed by atoms with Crippen LogP contribution in [0.5, 0.6) is 0 Å². The van der Waals surface area contributed by atoms with Gasteiger partial charge in [0.2, 0.25) is 0 Å². The molecule has 0 aliphatic rings. The summed E-state index contributed by atoms with van der Waals surface area (Å²) >= 11 is 1.49. The minimum atomic E-state index is -0.535. The third-order valence-corrected chi connectivity index (χ3v) is 3.11. The van der Waals surface area contributed by atoms with Crippen molar-refractivity contribution in [3.05, 3.63) is 41.7 Å². The molecule has 3 rings (SSSR count). The lowest BCUT2D eigenvalue weighted by molar-refractivity contribution is 0.100. The predicted molar refractivity (Wildman–Crippen MR) is 63.7 cm³/mol. The molecule has 0 spiro atoms. The molecule has 3 aromatic rings. The minimum absolute atomic E-state index is 0.287. The van der Waals surface area contributed by atoms with Gasteiger partial charge in [0.1, 0.15) is 10.7 Å². The number of pyridine rings is 1. The molecule has 3 heterocycles. The summed E-state index contributed by atoms with van der Waals surface area (Å²) in [7, 11) is 0. The maximum Gasteiger partial charge on any atom is 0.253 e. The first-order valence-electron chi connectivity index (χ1n) is 4.85. The SMILES string of the molecule is NC(=O)c1[c]ccn2cc(-c3nccs3)nc12. The highest BCUT2D eigenvalue weighted by atomic mass is 32.1. The van der Waals surface area contributed by atoms with Crippen LogP contribution in [0.15, 0.2) is 30.0 Å². The molecular weight excluding hydrogens is 236 g/mol. The van der Waals surface area contributed by atoms with Gasteiger partial charge in [-0.15, -0.1) is 11.3 Å². The van der Waals surface area contributed by atoms with E-state index >= 15 is 0 Å². The zero-order valence-electron chi connectivity index (χ0n) is 8.62. The molecule has 5 nitrogen and oxygen atoms in total. The molecule has 0 bridgehead atoms. The van der Waals surface area contributed by atoms with E-state index in [0.29, 0.717) is 5.65 Å². The number of amides is 1. The topological polar surface area (TPSA) is 73.3 Å². The van der Waals surface area contributed by atoms with Crippen LogP contribution in [-0.4, -0.2) is 20.3 Å². The number of fused-ring (bicyclic) bond motifs is 1. The van der Waals surface area contributed by atoms with Crippen LogP contribution in [0.3, 0.4) is 0 Å². The van der Waals surface area contributed by atoms with Crippen molar-refractivity contribution in [2.45, 2.75) is 0 Å². The summed E-state index contributed by atoms with van der Waals surface area (Å²) in [6.45, 7) is 0. The summed E-state index contributed by atoms with van der Waals surface area (Å²) < 4.78 is 1.74. The van der Waals surface area contributed by atoms with Crippen molar-refractivity contribution in [2.24, 2.45) is 5.73 Å². The summed E-state index contributed by atoms with van der Waals surface area (Å²) in [5.74, 6) is -0.535. The van der Waals surface area contributed by atoms with Crippen LogP contribution < -0.4 is 5.73 Å². The summed E-state index contributed by atoms with van der Waals surface area (Å²) in [6, 6.07) is 4.43. The molecule has 17 heavy (non-hydrogen) atoms. The molecule has 3 aromatic heterocycles. The van der Waals surface area contributed by atoms with Gasteiger partial charge in [-0.1, -0.05) is 0 Å². The predicted octanol–water partition coefficient (Wildman–Crippen LogP) is 1.36. The number of hydrogen-bond acceptors (Lipinski definition) is 4. The highest BCUT2D eigenvalue weighted by Crippen LogP contribution is 2.22. The lowest BCUT2D eigenvalue weighted by Crippen LogP contribution is -2.12. The number of aromatic nitrogens is 3. The fourth-order valence-corrected chi connectivity index (χ4v) is 2.18. The Hall–Kier alpha value is -2.21. The summed E-state index contributed by atoms with van der Waals surface area (Å²) in [4.78, 5) is 19.8.